The molecule has 0 atom stereocenters. The van der Waals surface area contributed by atoms with Crippen LogP contribution >= 0.6 is 15.9 Å². The van der Waals surface area contributed by atoms with Crippen LogP contribution in [0.25, 0.3) is 0 Å². The summed E-state index contributed by atoms with van der Waals surface area (Å²) in [7, 11) is 0. The maximum atomic E-state index is 13.2. The summed E-state index contributed by atoms with van der Waals surface area (Å²) in [6.45, 7) is 1.71. The van der Waals surface area contributed by atoms with Gasteiger partial charge in [-0.25, -0.2) is 8.78 Å². The number of aryl methyl sites for hydroxylation is 1. The molecule has 18 heavy (non-hydrogen) atoms. The Balaban J connectivity index is 2.54. The second kappa shape index (κ2) is 4.98. The molecular weight excluding hydrogens is 302 g/mol. The van der Waals surface area contributed by atoms with E-state index < -0.39 is 17.4 Å². The van der Waals surface area contributed by atoms with E-state index in [9.17, 15) is 13.6 Å². The molecule has 0 amide bonds. The van der Waals surface area contributed by atoms with Gasteiger partial charge in [0.05, 0.1) is 0 Å². The van der Waals surface area contributed by atoms with E-state index in [1.165, 1.54) is 24.3 Å². The third-order valence-corrected chi connectivity index (χ3v) is 3.31. The summed E-state index contributed by atoms with van der Waals surface area (Å²) in [5.74, 6) is -1.40. The Hall–Kier alpha value is -1.55. The average Bonchev–Trinajstić information content (AvgIpc) is 2.34. The Kier molecular flexibility index (Phi) is 3.57. The average molecular weight is 311 g/mol. The molecule has 0 fully saturated rings. The summed E-state index contributed by atoms with van der Waals surface area (Å²) in [6.07, 6.45) is 0. The van der Waals surface area contributed by atoms with Crippen molar-refractivity contribution in [2.75, 3.05) is 0 Å². The highest BCUT2D eigenvalue weighted by atomic mass is 79.9. The van der Waals surface area contributed by atoms with E-state index in [4.69, 9.17) is 0 Å². The van der Waals surface area contributed by atoms with Crippen LogP contribution in [0.1, 0.15) is 21.5 Å². The Morgan fingerprint density at radius 3 is 2.22 bits per heavy atom. The number of ketones is 1. The lowest BCUT2D eigenvalue weighted by Crippen LogP contribution is -2.05. The van der Waals surface area contributed by atoms with Gasteiger partial charge in [-0.15, -0.1) is 0 Å². The van der Waals surface area contributed by atoms with Crippen molar-refractivity contribution in [1.29, 1.82) is 0 Å². The molecule has 0 saturated carbocycles. The topological polar surface area (TPSA) is 17.1 Å². The molecule has 4 heteroatoms. The van der Waals surface area contributed by atoms with Crippen LogP contribution in [0, 0.1) is 18.6 Å². The molecule has 1 nitrogen and oxygen atoms in total. The molecule has 2 aromatic carbocycles. The number of rotatable bonds is 2. The molecule has 0 saturated heterocycles. The molecule has 0 N–H and O–H groups in total. The van der Waals surface area contributed by atoms with Gasteiger partial charge in [0.1, 0.15) is 11.6 Å². The molecule has 0 radical (unpaired) electrons. The molecule has 0 aromatic heterocycles. The van der Waals surface area contributed by atoms with Crippen molar-refractivity contribution in [3.8, 4) is 0 Å². The first kappa shape index (κ1) is 12.9. The maximum absolute atomic E-state index is 13.2. The van der Waals surface area contributed by atoms with Crippen molar-refractivity contribution in [3.05, 3.63) is 69.2 Å². The number of hydrogen-bond acceptors (Lipinski definition) is 1. The smallest absolute Gasteiger partial charge is 0.194 e. The second-order valence-corrected chi connectivity index (χ2v) is 4.77. The number of carbonyl (C=O) groups is 1. The Bertz CT molecular complexity index is 570. The monoisotopic (exact) mass is 310 g/mol. The van der Waals surface area contributed by atoms with E-state index in [2.05, 4.69) is 15.9 Å². The zero-order valence-corrected chi connectivity index (χ0v) is 11.1. The number of benzene rings is 2. The van der Waals surface area contributed by atoms with Gasteiger partial charge in [-0.3, -0.25) is 4.79 Å². The summed E-state index contributed by atoms with van der Waals surface area (Å²) in [5.41, 5.74) is 1.07. The summed E-state index contributed by atoms with van der Waals surface area (Å²) >= 11 is 3.19. The molecule has 0 aliphatic rings. The fraction of sp³-hybridized carbons (Fsp3) is 0.0714. The van der Waals surface area contributed by atoms with Crippen LogP contribution in [0.15, 0.2) is 40.9 Å². The van der Waals surface area contributed by atoms with E-state index in [-0.39, 0.29) is 11.1 Å². The van der Waals surface area contributed by atoms with Crippen LogP contribution in [-0.2, 0) is 0 Å². The van der Waals surface area contributed by atoms with Gasteiger partial charge >= 0.3 is 0 Å². The second-order valence-electron chi connectivity index (χ2n) is 3.91. The molecule has 0 unspecified atom stereocenters. The highest BCUT2D eigenvalue weighted by Gasteiger charge is 2.16. The van der Waals surface area contributed by atoms with Crippen molar-refractivity contribution in [3.63, 3.8) is 0 Å². The molecule has 0 bridgehead atoms. The first-order valence-electron chi connectivity index (χ1n) is 5.25. The van der Waals surface area contributed by atoms with Crippen LogP contribution in [0.4, 0.5) is 8.78 Å². The molecule has 0 aliphatic heterocycles. The Morgan fingerprint density at radius 2 is 1.56 bits per heavy atom. The zero-order chi connectivity index (χ0) is 13.3. The Morgan fingerprint density at radius 1 is 1.00 bits per heavy atom. The van der Waals surface area contributed by atoms with Gasteiger partial charge < -0.3 is 0 Å². The molecule has 92 valence electrons. The summed E-state index contributed by atoms with van der Waals surface area (Å²) < 4.78 is 26.8. The van der Waals surface area contributed by atoms with Gasteiger partial charge in [0, 0.05) is 15.6 Å². The Labute approximate surface area is 112 Å². The normalized spacial score (nSPS) is 10.4. The van der Waals surface area contributed by atoms with Crippen LogP contribution in [0.2, 0.25) is 0 Å². The van der Waals surface area contributed by atoms with Crippen molar-refractivity contribution in [2.24, 2.45) is 0 Å². The van der Waals surface area contributed by atoms with E-state index >= 15 is 0 Å². The van der Waals surface area contributed by atoms with Crippen LogP contribution in [0.3, 0.4) is 0 Å². The fourth-order valence-electron chi connectivity index (χ4n) is 1.66. The highest BCUT2D eigenvalue weighted by Crippen LogP contribution is 2.23. The van der Waals surface area contributed by atoms with Gasteiger partial charge in [-0.1, -0.05) is 22.0 Å². The SMILES string of the molecule is Cc1ccc(F)cc1C(=O)c1cc(F)ccc1Br. The summed E-state index contributed by atoms with van der Waals surface area (Å²) in [6, 6.07) is 7.81. The predicted octanol–water partition coefficient (Wildman–Crippen LogP) is 4.27. The maximum Gasteiger partial charge on any atom is 0.194 e. The van der Waals surface area contributed by atoms with Gasteiger partial charge in [0.15, 0.2) is 5.78 Å². The largest absolute Gasteiger partial charge is 0.289 e. The minimum atomic E-state index is -0.504. The van der Waals surface area contributed by atoms with Gasteiger partial charge in [-0.2, -0.15) is 0 Å². The van der Waals surface area contributed by atoms with E-state index in [1.54, 1.807) is 6.92 Å². The molecule has 0 spiro atoms. The molecular formula is C14H9BrF2O. The van der Waals surface area contributed by atoms with E-state index in [0.29, 0.717) is 10.0 Å². The summed E-state index contributed by atoms with van der Waals surface area (Å²) in [5, 5.41) is 0. The standard InChI is InChI=1S/C14H9BrF2O/c1-8-2-3-9(16)6-11(8)14(18)12-7-10(17)4-5-13(12)15/h2-7H,1H3. The lowest BCUT2D eigenvalue weighted by molar-refractivity contribution is 0.103. The van der Waals surface area contributed by atoms with Crippen LogP contribution in [0.5, 0.6) is 0 Å². The highest BCUT2D eigenvalue weighted by molar-refractivity contribution is 9.10. The molecule has 0 heterocycles. The molecule has 2 rings (SSSR count). The third kappa shape index (κ3) is 2.48. The van der Waals surface area contributed by atoms with Crippen molar-refractivity contribution < 1.29 is 13.6 Å². The lowest BCUT2D eigenvalue weighted by atomic mass is 9.99. The van der Waals surface area contributed by atoms with Crippen molar-refractivity contribution >= 4 is 21.7 Å². The minimum absolute atomic E-state index is 0.184. The quantitative estimate of drug-likeness (QED) is 0.757. The van der Waals surface area contributed by atoms with Gasteiger partial charge in [-0.05, 0) is 42.8 Å². The zero-order valence-electron chi connectivity index (χ0n) is 9.51. The molecule has 0 aliphatic carbocycles. The first-order valence-corrected chi connectivity index (χ1v) is 6.04. The summed E-state index contributed by atoms with van der Waals surface area (Å²) in [4.78, 5) is 12.2. The first-order chi connectivity index (χ1) is 8.49. The van der Waals surface area contributed by atoms with E-state index in [0.717, 1.165) is 12.1 Å². The van der Waals surface area contributed by atoms with E-state index in [1.807, 2.05) is 0 Å². The predicted molar refractivity (Wildman–Crippen MR) is 68.7 cm³/mol. The van der Waals surface area contributed by atoms with Crippen molar-refractivity contribution in [2.45, 2.75) is 6.92 Å². The number of halogens is 3. The fourth-order valence-corrected chi connectivity index (χ4v) is 2.08. The van der Waals surface area contributed by atoms with Crippen molar-refractivity contribution in [1.82, 2.24) is 0 Å². The van der Waals surface area contributed by atoms with Gasteiger partial charge in [0.2, 0.25) is 0 Å². The lowest BCUT2D eigenvalue weighted by Gasteiger charge is -2.07. The number of carbonyl (C=O) groups excluding carboxylic acids is 1. The third-order valence-electron chi connectivity index (χ3n) is 2.62. The van der Waals surface area contributed by atoms with Gasteiger partial charge in [0.25, 0.3) is 0 Å². The minimum Gasteiger partial charge on any atom is -0.289 e. The molecule has 2 aromatic rings. The van der Waals surface area contributed by atoms with Crippen LogP contribution < -0.4 is 0 Å². The number of hydrogen-bond donors (Lipinski definition) is 0. The van der Waals surface area contributed by atoms with Crippen LogP contribution in [-0.4, -0.2) is 5.78 Å².